The second-order valence-corrected chi connectivity index (χ2v) is 4.93. The van der Waals surface area contributed by atoms with Crippen molar-refractivity contribution in [1.29, 1.82) is 0 Å². The van der Waals surface area contributed by atoms with Gasteiger partial charge in [-0.3, -0.25) is 25.4 Å². The second kappa shape index (κ2) is 6.85. The molecule has 0 unspecified atom stereocenters. The largest absolute Gasteiger partial charge is 0.273 e. The van der Waals surface area contributed by atoms with Crippen LogP contribution in [0.25, 0.3) is 0 Å². The minimum atomic E-state index is -0.410. The molecule has 0 atom stereocenters. The van der Waals surface area contributed by atoms with Crippen molar-refractivity contribution >= 4 is 23.4 Å². The molecule has 0 spiro atoms. The van der Waals surface area contributed by atoms with Gasteiger partial charge in [0, 0.05) is 16.9 Å². The van der Waals surface area contributed by atoms with Crippen molar-refractivity contribution in [2.24, 2.45) is 0 Å². The number of hydrogen-bond acceptors (Lipinski definition) is 3. The lowest BCUT2D eigenvalue weighted by atomic mass is 10.1. The van der Waals surface area contributed by atoms with E-state index in [2.05, 4.69) is 15.8 Å². The molecule has 0 radical (unpaired) electrons. The molecule has 0 aliphatic heterocycles. The maximum atomic E-state index is 11.8. The summed E-state index contributed by atoms with van der Waals surface area (Å²) in [5.41, 5.74) is 6.71. The number of carbonyl (C=O) groups is 2. The number of benzene rings is 1. The van der Waals surface area contributed by atoms with Crippen molar-refractivity contribution in [3.05, 3.63) is 64.4 Å². The third-order valence-corrected chi connectivity index (χ3v) is 3.02. The molecule has 0 bridgehead atoms. The zero-order valence-corrected chi connectivity index (χ0v) is 12.1. The van der Waals surface area contributed by atoms with Crippen LogP contribution in [-0.4, -0.2) is 16.8 Å². The van der Waals surface area contributed by atoms with Crippen molar-refractivity contribution in [1.82, 2.24) is 15.8 Å². The number of rotatable bonds is 3. The van der Waals surface area contributed by atoms with Gasteiger partial charge in [-0.1, -0.05) is 23.7 Å². The summed E-state index contributed by atoms with van der Waals surface area (Å²) in [5.74, 6) is -0.724. The molecule has 0 aliphatic rings. The highest BCUT2D eigenvalue weighted by atomic mass is 35.5. The molecule has 108 valence electrons. The summed E-state index contributed by atoms with van der Waals surface area (Å²) in [5, 5.41) is 0.610. The number of hydrogen-bond donors (Lipinski definition) is 2. The first kappa shape index (κ1) is 15.0. The third kappa shape index (κ3) is 4.57. The van der Waals surface area contributed by atoms with E-state index in [1.165, 1.54) is 6.20 Å². The van der Waals surface area contributed by atoms with Crippen LogP contribution in [0.4, 0.5) is 0 Å². The Morgan fingerprint density at radius 1 is 1.10 bits per heavy atom. The smallest absolute Gasteiger partial charge is 0.271 e. The monoisotopic (exact) mass is 303 g/mol. The maximum Gasteiger partial charge on any atom is 0.271 e. The van der Waals surface area contributed by atoms with Gasteiger partial charge in [-0.15, -0.1) is 0 Å². The Morgan fingerprint density at radius 2 is 1.81 bits per heavy atom. The first-order valence-electron chi connectivity index (χ1n) is 6.31. The second-order valence-electron chi connectivity index (χ2n) is 4.49. The summed E-state index contributed by atoms with van der Waals surface area (Å²) >= 11 is 5.77. The Hall–Kier alpha value is -2.40. The van der Waals surface area contributed by atoms with Gasteiger partial charge < -0.3 is 0 Å². The Bertz CT molecular complexity index is 639. The van der Waals surface area contributed by atoms with Crippen LogP contribution in [0.1, 0.15) is 21.6 Å². The molecular weight excluding hydrogens is 290 g/mol. The zero-order chi connectivity index (χ0) is 15.2. The summed E-state index contributed by atoms with van der Waals surface area (Å²) in [7, 11) is 0. The van der Waals surface area contributed by atoms with Crippen LogP contribution in [0, 0.1) is 6.92 Å². The van der Waals surface area contributed by atoms with Gasteiger partial charge in [-0.05, 0) is 36.8 Å². The van der Waals surface area contributed by atoms with E-state index in [-0.39, 0.29) is 12.3 Å². The molecule has 1 heterocycles. The summed E-state index contributed by atoms with van der Waals surface area (Å²) in [4.78, 5) is 27.5. The van der Waals surface area contributed by atoms with Crippen LogP contribution < -0.4 is 10.9 Å². The number of amides is 2. The average Bonchev–Trinajstić information content (AvgIpc) is 2.48. The molecule has 2 N–H and O–H groups in total. The molecule has 0 saturated carbocycles. The molecule has 2 aromatic rings. The Morgan fingerprint density at radius 3 is 2.43 bits per heavy atom. The molecule has 21 heavy (non-hydrogen) atoms. The number of carbonyl (C=O) groups excluding carboxylic acids is 2. The van der Waals surface area contributed by atoms with Crippen molar-refractivity contribution in [2.45, 2.75) is 13.3 Å². The van der Waals surface area contributed by atoms with E-state index in [0.717, 1.165) is 11.3 Å². The van der Waals surface area contributed by atoms with Crippen molar-refractivity contribution in [3.8, 4) is 0 Å². The quantitative estimate of drug-likeness (QED) is 0.853. The molecule has 2 rings (SSSR count). The highest BCUT2D eigenvalue weighted by Crippen LogP contribution is 2.09. The fraction of sp³-hybridized carbons (Fsp3) is 0.133. The van der Waals surface area contributed by atoms with Gasteiger partial charge in [-0.2, -0.15) is 0 Å². The fourth-order valence-electron chi connectivity index (χ4n) is 1.63. The van der Waals surface area contributed by atoms with Crippen LogP contribution in [0.5, 0.6) is 0 Å². The normalized spacial score (nSPS) is 10.0. The van der Waals surface area contributed by atoms with E-state index in [0.29, 0.717) is 10.6 Å². The van der Waals surface area contributed by atoms with Gasteiger partial charge >= 0.3 is 0 Å². The molecule has 1 aromatic heterocycles. The lowest BCUT2D eigenvalue weighted by Crippen LogP contribution is -2.42. The minimum Gasteiger partial charge on any atom is -0.273 e. The Kier molecular flexibility index (Phi) is 4.90. The number of aromatic nitrogens is 1. The standard InChI is InChI=1S/C15H14ClN3O2/c1-10-2-5-12(9-17-10)15(21)19-18-14(20)8-11-3-6-13(16)7-4-11/h2-7,9H,8H2,1H3,(H,18,20)(H,19,21). The van der Waals surface area contributed by atoms with Crippen molar-refractivity contribution in [3.63, 3.8) is 0 Å². The summed E-state index contributed by atoms with van der Waals surface area (Å²) < 4.78 is 0. The van der Waals surface area contributed by atoms with E-state index in [1.807, 2.05) is 6.92 Å². The molecule has 0 aliphatic carbocycles. The highest BCUT2D eigenvalue weighted by Gasteiger charge is 2.08. The van der Waals surface area contributed by atoms with E-state index >= 15 is 0 Å². The molecule has 0 saturated heterocycles. The molecule has 5 nitrogen and oxygen atoms in total. The Balaban J connectivity index is 1.84. The molecular formula is C15H14ClN3O2. The number of pyridine rings is 1. The van der Waals surface area contributed by atoms with Crippen LogP contribution >= 0.6 is 11.6 Å². The lowest BCUT2D eigenvalue weighted by Gasteiger charge is -2.07. The first-order chi connectivity index (χ1) is 10.0. The number of nitrogens with one attached hydrogen (secondary N) is 2. The van der Waals surface area contributed by atoms with Gasteiger partial charge in [0.1, 0.15) is 0 Å². The summed E-state index contributed by atoms with van der Waals surface area (Å²) in [6, 6.07) is 10.3. The van der Waals surface area contributed by atoms with Crippen molar-refractivity contribution < 1.29 is 9.59 Å². The van der Waals surface area contributed by atoms with Gasteiger partial charge in [0.15, 0.2) is 0 Å². The minimum absolute atomic E-state index is 0.156. The van der Waals surface area contributed by atoms with E-state index in [9.17, 15) is 9.59 Å². The van der Waals surface area contributed by atoms with Gasteiger partial charge in [0.25, 0.3) is 5.91 Å². The number of hydrazine groups is 1. The van der Waals surface area contributed by atoms with Crippen LogP contribution in [0.3, 0.4) is 0 Å². The van der Waals surface area contributed by atoms with Gasteiger partial charge in [-0.25, -0.2) is 0 Å². The van der Waals surface area contributed by atoms with E-state index in [1.54, 1.807) is 36.4 Å². The number of aryl methyl sites for hydroxylation is 1. The number of halogens is 1. The third-order valence-electron chi connectivity index (χ3n) is 2.77. The highest BCUT2D eigenvalue weighted by molar-refractivity contribution is 6.30. The van der Waals surface area contributed by atoms with Crippen molar-refractivity contribution in [2.75, 3.05) is 0 Å². The molecule has 1 aromatic carbocycles. The van der Waals surface area contributed by atoms with Gasteiger partial charge in [0.05, 0.1) is 12.0 Å². The SMILES string of the molecule is Cc1ccc(C(=O)NNC(=O)Cc2ccc(Cl)cc2)cn1. The topological polar surface area (TPSA) is 71.1 Å². The Labute approximate surface area is 127 Å². The molecule has 2 amide bonds. The predicted octanol–water partition coefficient (Wildman–Crippen LogP) is 2.05. The summed E-state index contributed by atoms with van der Waals surface area (Å²) in [6.07, 6.45) is 1.61. The molecule has 0 fully saturated rings. The summed E-state index contributed by atoms with van der Waals surface area (Å²) in [6.45, 7) is 1.83. The van der Waals surface area contributed by atoms with Crippen LogP contribution in [-0.2, 0) is 11.2 Å². The lowest BCUT2D eigenvalue weighted by molar-refractivity contribution is -0.121. The number of nitrogens with zero attached hydrogens (tertiary/aromatic N) is 1. The van der Waals surface area contributed by atoms with Gasteiger partial charge in [0.2, 0.25) is 5.91 Å². The van der Waals surface area contributed by atoms with E-state index < -0.39 is 5.91 Å². The zero-order valence-electron chi connectivity index (χ0n) is 11.4. The first-order valence-corrected chi connectivity index (χ1v) is 6.68. The van der Waals surface area contributed by atoms with Crippen LogP contribution in [0.2, 0.25) is 5.02 Å². The van der Waals surface area contributed by atoms with Crippen LogP contribution in [0.15, 0.2) is 42.6 Å². The predicted molar refractivity (Wildman–Crippen MR) is 79.7 cm³/mol. The fourth-order valence-corrected chi connectivity index (χ4v) is 1.76. The average molecular weight is 304 g/mol. The maximum absolute atomic E-state index is 11.8. The van der Waals surface area contributed by atoms with E-state index in [4.69, 9.17) is 11.6 Å². The molecule has 6 heteroatoms.